The molecule has 3 rings (SSSR count). The molecule has 1 N–H and O–H groups in total. The van der Waals surface area contributed by atoms with E-state index in [-0.39, 0.29) is 24.2 Å². The van der Waals surface area contributed by atoms with Crippen LogP contribution in [-0.2, 0) is 9.53 Å². The van der Waals surface area contributed by atoms with E-state index in [9.17, 15) is 4.79 Å². The number of halogens is 2. The zero-order valence-electron chi connectivity index (χ0n) is 12.6. The molecule has 0 radical (unpaired) electrons. The lowest BCUT2D eigenvalue weighted by Crippen LogP contribution is -2.50. The van der Waals surface area contributed by atoms with Gasteiger partial charge in [0, 0.05) is 24.4 Å². The van der Waals surface area contributed by atoms with Crippen LogP contribution in [0.1, 0.15) is 50.7 Å². The molecule has 2 aliphatic rings. The Morgan fingerprint density at radius 3 is 2.82 bits per heavy atom. The van der Waals surface area contributed by atoms with E-state index in [1.165, 1.54) is 12.8 Å². The molecule has 2 fully saturated rings. The number of ether oxygens (including phenoxy) is 1. The quantitative estimate of drug-likeness (QED) is 0.858. The van der Waals surface area contributed by atoms with Crippen LogP contribution in [-0.4, -0.2) is 18.1 Å². The third kappa shape index (κ3) is 3.27. The first-order valence-electron chi connectivity index (χ1n) is 7.92. The molecule has 1 aliphatic carbocycles. The highest BCUT2D eigenvalue weighted by atomic mass is 35.5. The second kappa shape index (κ2) is 6.77. The number of carbonyl (C=O) groups is 1. The highest BCUT2D eigenvalue weighted by Gasteiger charge is 2.41. The van der Waals surface area contributed by atoms with Crippen molar-refractivity contribution in [1.82, 2.24) is 5.32 Å². The lowest BCUT2D eigenvalue weighted by Gasteiger charge is -2.45. The van der Waals surface area contributed by atoms with E-state index in [0.29, 0.717) is 16.0 Å². The second-order valence-electron chi connectivity index (χ2n) is 6.30. The molecule has 120 valence electrons. The third-order valence-electron chi connectivity index (χ3n) is 4.79. The molecule has 22 heavy (non-hydrogen) atoms. The molecular formula is C17H21Cl2NO2. The van der Waals surface area contributed by atoms with Gasteiger partial charge < -0.3 is 10.1 Å². The summed E-state index contributed by atoms with van der Waals surface area (Å²) in [5.74, 6) is 0.430. The monoisotopic (exact) mass is 341 g/mol. The van der Waals surface area contributed by atoms with E-state index in [1.54, 1.807) is 13.0 Å². The summed E-state index contributed by atoms with van der Waals surface area (Å²) in [6.07, 6.45) is 5.40. The van der Waals surface area contributed by atoms with E-state index in [1.807, 2.05) is 12.1 Å². The van der Waals surface area contributed by atoms with Gasteiger partial charge in [-0.25, -0.2) is 0 Å². The Labute approximate surface area is 141 Å². The van der Waals surface area contributed by atoms with Gasteiger partial charge in [-0.2, -0.15) is 0 Å². The van der Waals surface area contributed by atoms with E-state index in [4.69, 9.17) is 27.9 Å². The average molecular weight is 342 g/mol. The van der Waals surface area contributed by atoms with Crippen molar-refractivity contribution in [2.24, 2.45) is 5.92 Å². The molecule has 0 bridgehead atoms. The zero-order chi connectivity index (χ0) is 15.7. The Kier molecular flexibility index (Phi) is 4.96. The number of rotatable bonds is 2. The van der Waals surface area contributed by atoms with Crippen LogP contribution in [0.15, 0.2) is 18.2 Å². The van der Waals surface area contributed by atoms with Gasteiger partial charge in [-0.05, 0) is 25.3 Å². The van der Waals surface area contributed by atoms with Crippen LogP contribution in [0.3, 0.4) is 0 Å². The van der Waals surface area contributed by atoms with Gasteiger partial charge in [0.05, 0.1) is 22.3 Å². The summed E-state index contributed by atoms with van der Waals surface area (Å²) >= 11 is 12.5. The molecule has 3 nitrogen and oxygen atoms in total. The Morgan fingerprint density at radius 2 is 2.05 bits per heavy atom. The molecule has 5 heteroatoms. The number of hydrogen-bond acceptors (Lipinski definition) is 2. The average Bonchev–Trinajstić information content (AvgIpc) is 2.49. The minimum absolute atomic E-state index is 0.0205. The predicted octanol–water partition coefficient (Wildman–Crippen LogP) is 4.52. The van der Waals surface area contributed by atoms with Crippen molar-refractivity contribution in [2.45, 2.75) is 57.3 Å². The molecular weight excluding hydrogens is 321 g/mol. The van der Waals surface area contributed by atoms with Crippen molar-refractivity contribution >= 4 is 29.1 Å². The Hall–Kier alpha value is -0.770. The summed E-state index contributed by atoms with van der Waals surface area (Å²) in [5, 5.41) is 4.23. The molecule has 1 saturated heterocycles. The fourth-order valence-electron chi connectivity index (χ4n) is 3.82. The normalized spacial score (nSPS) is 31.4. The van der Waals surface area contributed by atoms with Crippen LogP contribution < -0.4 is 5.32 Å². The Balaban J connectivity index is 1.86. The molecule has 1 aromatic rings. The fourth-order valence-corrected chi connectivity index (χ4v) is 4.25. The Bertz CT molecular complexity index is 564. The number of amides is 1. The second-order valence-corrected chi connectivity index (χ2v) is 7.08. The van der Waals surface area contributed by atoms with Crippen LogP contribution in [0.4, 0.5) is 0 Å². The maximum Gasteiger partial charge on any atom is 0.217 e. The highest BCUT2D eigenvalue weighted by Crippen LogP contribution is 2.43. The number of hydrogen-bond donors (Lipinski definition) is 1. The van der Waals surface area contributed by atoms with Crippen molar-refractivity contribution in [3.63, 3.8) is 0 Å². The lowest BCUT2D eigenvalue weighted by atomic mass is 9.76. The van der Waals surface area contributed by atoms with Gasteiger partial charge in [-0.1, -0.05) is 48.2 Å². The van der Waals surface area contributed by atoms with Crippen molar-refractivity contribution in [3.8, 4) is 0 Å². The summed E-state index contributed by atoms with van der Waals surface area (Å²) in [6.45, 7) is 1.58. The maximum absolute atomic E-state index is 11.6. The van der Waals surface area contributed by atoms with Crippen molar-refractivity contribution in [2.75, 3.05) is 0 Å². The summed E-state index contributed by atoms with van der Waals surface area (Å²) < 4.78 is 6.33. The minimum Gasteiger partial charge on any atom is -0.370 e. The summed E-state index contributed by atoms with van der Waals surface area (Å²) in [7, 11) is 0. The largest absolute Gasteiger partial charge is 0.370 e. The zero-order valence-corrected chi connectivity index (χ0v) is 14.2. The topological polar surface area (TPSA) is 38.3 Å². The lowest BCUT2D eigenvalue weighted by molar-refractivity contribution is -0.131. The first-order valence-corrected chi connectivity index (χ1v) is 8.68. The fraction of sp³-hybridized carbons (Fsp3) is 0.588. The number of nitrogens with one attached hydrogen (secondary N) is 1. The number of fused-ring (bicyclic) bond motifs is 1. The van der Waals surface area contributed by atoms with Gasteiger partial charge in [0.25, 0.3) is 0 Å². The maximum atomic E-state index is 11.6. The molecule has 1 aromatic carbocycles. The van der Waals surface area contributed by atoms with Crippen LogP contribution in [0.5, 0.6) is 0 Å². The van der Waals surface area contributed by atoms with E-state index in [2.05, 4.69) is 5.32 Å². The van der Waals surface area contributed by atoms with Crippen LogP contribution in [0, 0.1) is 5.92 Å². The Morgan fingerprint density at radius 1 is 1.27 bits per heavy atom. The smallest absolute Gasteiger partial charge is 0.217 e. The molecule has 0 unspecified atom stereocenters. The van der Waals surface area contributed by atoms with Crippen LogP contribution in [0.25, 0.3) is 0 Å². The first kappa shape index (κ1) is 16.1. The van der Waals surface area contributed by atoms with Gasteiger partial charge in [0.2, 0.25) is 5.91 Å². The summed E-state index contributed by atoms with van der Waals surface area (Å²) in [5.41, 5.74) is 0.925. The molecule has 1 saturated carbocycles. The summed E-state index contributed by atoms with van der Waals surface area (Å²) in [4.78, 5) is 11.6. The van der Waals surface area contributed by atoms with E-state index >= 15 is 0 Å². The van der Waals surface area contributed by atoms with E-state index < -0.39 is 0 Å². The van der Waals surface area contributed by atoms with Gasteiger partial charge >= 0.3 is 0 Å². The van der Waals surface area contributed by atoms with Gasteiger partial charge in [-0.15, -0.1) is 0 Å². The number of carbonyl (C=O) groups excluding carboxylic acids is 1. The molecule has 4 atom stereocenters. The predicted molar refractivity (Wildman–Crippen MR) is 88.3 cm³/mol. The van der Waals surface area contributed by atoms with Crippen molar-refractivity contribution < 1.29 is 9.53 Å². The SMILES string of the molecule is CC(=O)N[C@@H]1C[C@H](c2cccc(Cl)c2Cl)O[C@@H]2CCCC[C@@H]12. The summed E-state index contributed by atoms with van der Waals surface area (Å²) in [6, 6.07) is 5.79. The van der Waals surface area contributed by atoms with Gasteiger partial charge in [0.15, 0.2) is 0 Å². The van der Waals surface area contributed by atoms with Gasteiger partial charge in [0.1, 0.15) is 0 Å². The van der Waals surface area contributed by atoms with Gasteiger partial charge in [-0.3, -0.25) is 4.79 Å². The molecule has 0 spiro atoms. The molecule has 1 heterocycles. The molecule has 1 amide bonds. The standard InChI is InChI=1S/C17H21Cl2NO2/c1-10(21)20-14-9-16(12-6-4-7-13(18)17(12)19)22-15-8-3-2-5-11(14)15/h4,6-7,11,14-16H,2-3,5,8-9H2,1H3,(H,20,21)/t11-,14+,15+,16+/m0/s1. The van der Waals surface area contributed by atoms with Crippen LogP contribution in [0.2, 0.25) is 10.0 Å². The molecule has 1 aliphatic heterocycles. The third-order valence-corrected chi connectivity index (χ3v) is 5.63. The van der Waals surface area contributed by atoms with Crippen molar-refractivity contribution in [3.05, 3.63) is 33.8 Å². The molecule has 0 aromatic heterocycles. The minimum atomic E-state index is -0.109. The van der Waals surface area contributed by atoms with E-state index in [0.717, 1.165) is 24.8 Å². The first-order chi connectivity index (χ1) is 10.6. The van der Waals surface area contributed by atoms with Crippen LogP contribution >= 0.6 is 23.2 Å². The van der Waals surface area contributed by atoms with Crippen molar-refractivity contribution in [1.29, 1.82) is 0 Å². The highest BCUT2D eigenvalue weighted by molar-refractivity contribution is 6.42. The number of benzene rings is 1.